The molecule has 0 spiro atoms. The molecule has 9 nitrogen and oxygen atoms in total. The van der Waals surface area contributed by atoms with Crippen molar-refractivity contribution in [1.82, 2.24) is 19.9 Å². The Bertz CT molecular complexity index is 1350. The number of hydrogen-bond acceptors (Lipinski definition) is 8. The molecule has 1 saturated heterocycles. The van der Waals surface area contributed by atoms with E-state index in [0.717, 1.165) is 42.7 Å². The largest absolute Gasteiger partial charge is 0.480 e. The molecule has 0 amide bonds. The number of H-pyrrole nitrogens is 1. The second kappa shape index (κ2) is 9.48. The monoisotopic (exact) mass is 458 g/mol. The average molecular weight is 459 g/mol. The highest BCUT2D eigenvalue weighted by Crippen LogP contribution is 2.29. The molecule has 1 aromatic carbocycles. The summed E-state index contributed by atoms with van der Waals surface area (Å²) in [6.45, 7) is 1.94. The number of rotatable bonds is 6. The second-order valence-corrected chi connectivity index (χ2v) is 8.17. The van der Waals surface area contributed by atoms with Crippen LogP contribution in [0.1, 0.15) is 12.8 Å². The lowest BCUT2D eigenvalue weighted by atomic mass is 10.1. The van der Waals surface area contributed by atoms with Crippen molar-refractivity contribution in [1.29, 1.82) is 0 Å². The van der Waals surface area contributed by atoms with Gasteiger partial charge in [-0.25, -0.2) is 9.97 Å². The van der Waals surface area contributed by atoms with Gasteiger partial charge in [0.1, 0.15) is 11.5 Å². The predicted octanol–water partition coefficient (Wildman–Crippen LogP) is 3.75. The molecule has 2 N–H and O–H groups in total. The molecule has 0 bridgehead atoms. The number of nitrogens with one attached hydrogen (secondary N) is 2. The Labute approximate surface area is 196 Å². The number of benzene rings is 1. The number of aromatic nitrogens is 4. The van der Waals surface area contributed by atoms with Crippen LogP contribution in [-0.2, 0) is 4.74 Å². The summed E-state index contributed by atoms with van der Waals surface area (Å²) in [5, 5.41) is 4.55. The summed E-state index contributed by atoms with van der Waals surface area (Å²) < 4.78 is 10.7. The van der Waals surface area contributed by atoms with Crippen molar-refractivity contribution >= 4 is 28.0 Å². The molecule has 4 heterocycles. The van der Waals surface area contributed by atoms with Crippen molar-refractivity contribution in [3.63, 3.8) is 0 Å². The lowest BCUT2D eigenvalue weighted by Gasteiger charge is -2.33. The summed E-state index contributed by atoms with van der Waals surface area (Å²) in [5.74, 6) is 0.845. The molecule has 0 aliphatic carbocycles. The smallest absolute Gasteiger partial charge is 0.259 e. The summed E-state index contributed by atoms with van der Waals surface area (Å²) in [5.41, 5.74) is 2.93. The first-order valence-corrected chi connectivity index (χ1v) is 11.2. The second-order valence-electron chi connectivity index (χ2n) is 8.17. The van der Waals surface area contributed by atoms with Gasteiger partial charge in [-0.3, -0.25) is 9.78 Å². The molecule has 0 atom stereocenters. The van der Waals surface area contributed by atoms with Crippen LogP contribution in [0.4, 0.5) is 17.2 Å². The van der Waals surface area contributed by atoms with E-state index in [1.807, 2.05) is 24.3 Å². The Kier molecular flexibility index (Phi) is 6.09. The molecule has 174 valence electrons. The first-order chi connectivity index (χ1) is 16.6. The number of anilines is 3. The molecule has 1 aliphatic rings. The minimum atomic E-state index is -0.214. The quantitative estimate of drug-likeness (QED) is 0.450. The minimum Gasteiger partial charge on any atom is -0.480 e. The normalized spacial score (nSPS) is 14.4. The molecule has 3 aromatic heterocycles. The molecular formula is C25H26N6O3. The third-order valence-electron chi connectivity index (χ3n) is 6.11. The van der Waals surface area contributed by atoms with Crippen molar-refractivity contribution in [2.75, 3.05) is 37.5 Å². The van der Waals surface area contributed by atoms with Gasteiger partial charge in [0, 0.05) is 37.8 Å². The highest BCUT2D eigenvalue weighted by Gasteiger charge is 2.19. The van der Waals surface area contributed by atoms with Crippen LogP contribution in [0, 0.1) is 0 Å². The van der Waals surface area contributed by atoms with E-state index in [-0.39, 0.29) is 5.56 Å². The number of methoxy groups -OCH3 is 2. The minimum absolute atomic E-state index is 0.214. The van der Waals surface area contributed by atoms with Crippen LogP contribution in [0.5, 0.6) is 5.88 Å². The molecule has 4 aromatic rings. The van der Waals surface area contributed by atoms with Crippen molar-refractivity contribution < 1.29 is 9.47 Å². The van der Waals surface area contributed by atoms with Crippen LogP contribution in [0.15, 0.2) is 59.8 Å². The van der Waals surface area contributed by atoms with Crippen LogP contribution in [0.3, 0.4) is 0 Å². The first kappa shape index (κ1) is 21.8. The highest BCUT2D eigenvalue weighted by atomic mass is 16.5. The summed E-state index contributed by atoms with van der Waals surface area (Å²) in [6.07, 6.45) is 7.17. The fraction of sp³-hybridized carbons (Fsp3) is 0.280. The van der Waals surface area contributed by atoms with Gasteiger partial charge in [-0.2, -0.15) is 0 Å². The van der Waals surface area contributed by atoms with Crippen LogP contribution in [0.25, 0.3) is 22.2 Å². The highest BCUT2D eigenvalue weighted by molar-refractivity contribution is 5.94. The molecule has 1 aliphatic heterocycles. The van der Waals surface area contributed by atoms with Gasteiger partial charge in [0.2, 0.25) is 5.88 Å². The van der Waals surface area contributed by atoms with Crippen LogP contribution in [0.2, 0.25) is 0 Å². The van der Waals surface area contributed by atoms with E-state index < -0.39 is 0 Å². The number of fused-ring (bicyclic) bond motifs is 1. The molecule has 0 saturated carbocycles. The van der Waals surface area contributed by atoms with E-state index in [1.165, 1.54) is 13.3 Å². The zero-order valence-electron chi connectivity index (χ0n) is 19.1. The Balaban J connectivity index is 1.46. The zero-order chi connectivity index (χ0) is 23.5. The first-order valence-electron chi connectivity index (χ1n) is 11.2. The molecule has 5 rings (SSSR count). The Morgan fingerprint density at radius 3 is 2.56 bits per heavy atom. The van der Waals surface area contributed by atoms with Gasteiger partial charge in [-0.05, 0) is 54.6 Å². The van der Waals surface area contributed by atoms with E-state index in [2.05, 4.69) is 37.3 Å². The standard InChI is InChI=1S/C25H26N6O3/c1-33-19-8-11-31(12-9-19)18-5-3-17(4-6-18)28-24-23-16(7-10-27-25(23)32)13-20(30-24)21-14-26-15-22(29-21)34-2/h3-7,10,13-15,19H,8-9,11-12H2,1-2H3,(H,27,32)(H,28,30). The predicted molar refractivity (Wildman–Crippen MR) is 132 cm³/mol. The Hall–Kier alpha value is -3.98. The van der Waals surface area contributed by atoms with Crippen molar-refractivity contribution in [2.24, 2.45) is 0 Å². The van der Waals surface area contributed by atoms with Gasteiger partial charge < -0.3 is 24.7 Å². The molecule has 0 radical (unpaired) electrons. The fourth-order valence-corrected chi connectivity index (χ4v) is 4.25. The van der Waals surface area contributed by atoms with Crippen LogP contribution in [-0.4, -0.2) is 53.3 Å². The van der Waals surface area contributed by atoms with Gasteiger partial charge in [-0.15, -0.1) is 0 Å². The molecule has 34 heavy (non-hydrogen) atoms. The van der Waals surface area contributed by atoms with Crippen molar-refractivity contribution in [3.05, 3.63) is 65.3 Å². The fourth-order valence-electron chi connectivity index (χ4n) is 4.25. The topological polar surface area (TPSA) is 105 Å². The maximum Gasteiger partial charge on any atom is 0.259 e. The van der Waals surface area contributed by atoms with E-state index in [0.29, 0.717) is 34.6 Å². The van der Waals surface area contributed by atoms with Gasteiger partial charge in [-0.1, -0.05) is 0 Å². The lowest BCUT2D eigenvalue weighted by molar-refractivity contribution is 0.0819. The third kappa shape index (κ3) is 4.42. The Morgan fingerprint density at radius 2 is 1.82 bits per heavy atom. The maximum atomic E-state index is 12.6. The van der Waals surface area contributed by atoms with Gasteiger partial charge in [0.15, 0.2) is 0 Å². The lowest BCUT2D eigenvalue weighted by Crippen LogP contribution is -2.36. The number of aromatic amines is 1. The molecule has 1 fully saturated rings. The molecule has 0 unspecified atom stereocenters. The number of pyridine rings is 2. The van der Waals surface area contributed by atoms with E-state index in [9.17, 15) is 4.79 Å². The number of ether oxygens (including phenoxy) is 2. The van der Waals surface area contributed by atoms with E-state index in [4.69, 9.17) is 14.5 Å². The SMILES string of the molecule is COc1cncc(-c2cc3cc[nH]c(=O)c3c(Nc3ccc(N4CCC(OC)CC4)cc3)n2)n1. The Morgan fingerprint density at radius 1 is 1.03 bits per heavy atom. The summed E-state index contributed by atoms with van der Waals surface area (Å²) in [7, 11) is 3.32. The van der Waals surface area contributed by atoms with Gasteiger partial charge in [0.25, 0.3) is 5.56 Å². The molecular weight excluding hydrogens is 432 g/mol. The van der Waals surface area contributed by atoms with Crippen LogP contribution < -0.4 is 20.5 Å². The summed E-state index contributed by atoms with van der Waals surface area (Å²) >= 11 is 0. The number of hydrogen-bond donors (Lipinski definition) is 2. The zero-order valence-corrected chi connectivity index (χ0v) is 19.1. The average Bonchev–Trinajstić information content (AvgIpc) is 2.89. The van der Waals surface area contributed by atoms with E-state index in [1.54, 1.807) is 19.5 Å². The van der Waals surface area contributed by atoms with Crippen molar-refractivity contribution in [2.45, 2.75) is 18.9 Å². The van der Waals surface area contributed by atoms with E-state index >= 15 is 0 Å². The summed E-state index contributed by atoms with van der Waals surface area (Å²) in [4.78, 5) is 31.1. The summed E-state index contributed by atoms with van der Waals surface area (Å²) in [6, 6.07) is 11.8. The van der Waals surface area contributed by atoms with Gasteiger partial charge >= 0.3 is 0 Å². The maximum absolute atomic E-state index is 12.6. The number of nitrogens with zero attached hydrogens (tertiary/aromatic N) is 4. The van der Waals surface area contributed by atoms with Crippen LogP contribution >= 0.6 is 0 Å². The van der Waals surface area contributed by atoms with Crippen molar-refractivity contribution in [3.8, 4) is 17.3 Å². The number of piperidine rings is 1. The molecule has 9 heteroatoms. The third-order valence-corrected chi connectivity index (χ3v) is 6.11. The van der Waals surface area contributed by atoms with Gasteiger partial charge in [0.05, 0.1) is 36.7 Å².